The first-order valence-corrected chi connectivity index (χ1v) is 16.4. The van der Waals surface area contributed by atoms with Gasteiger partial charge in [0, 0.05) is 41.3 Å². The molecule has 3 heterocycles. The van der Waals surface area contributed by atoms with Crippen molar-refractivity contribution in [2.75, 3.05) is 0 Å². The molecule has 1 radical (unpaired) electrons. The Kier molecular flexibility index (Phi) is 8.14. The van der Waals surface area contributed by atoms with Gasteiger partial charge < -0.3 is 9.97 Å². The van der Waals surface area contributed by atoms with E-state index in [-0.39, 0.29) is 43.4 Å². The van der Waals surface area contributed by atoms with Gasteiger partial charge in [-0.25, -0.2) is 0 Å². The van der Waals surface area contributed by atoms with Crippen molar-refractivity contribution in [3.8, 4) is 22.5 Å². The fourth-order valence-electron chi connectivity index (χ4n) is 6.70. The van der Waals surface area contributed by atoms with Crippen molar-refractivity contribution in [2.24, 2.45) is 0 Å². The summed E-state index contributed by atoms with van der Waals surface area (Å²) in [5.41, 5.74) is 5.86. The Bertz CT molecular complexity index is 2050. The average Bonchev–Trinajstić information content (AvgIpc) is 3.79. The molecule has 0 aliphatic heterocycles. The van der Waals surface area contributed by atoms with Crippen LogP contribution in [-0.4, -0.2) is 9.97 Å². The average molecular weight is 776 g/mol. The van der Waals surface area contributed by atoms with Crippen LogP contribution in [0, 0.1) is 19.0 Å². The van der Waals surface area contributed by atoms with Crippen LogP contribution in [0.1, 0.15) is 93.2 Å². The third kappa shape index (κ3) is 6.74. The number of hydrogen-bond donors (Lipinski definition) is 0. The maximum Gasteiger partial charge on any atom is 0.0618 e. The Morgan fingerprint density at radius 1 is 0.750 bits per heavy atom. The van der Waals surface area contributed by atoms with Gasteiger partial charge in [-0.15, -0.1) is 59.2 Å². The van der Waals surface area contributed by atoms with Crippen molar-refractivity contribution in [2.45, 2.75) is 76.5 Å². The summed E-state index contributed by atoms with van der Waals surface area (Å²) < 4.78 is 40.8. The smallest absolute Gasteiger partial charge is 0.0618 e. The van der Waals surface area contributed by atoms with Gasteiger partial charge in [0.2, 0.25) is 0 Å². The van der Waals surface area contributed by atoms with Gasteiger partial charge in [0.25, 0.3) is 0 Å². The number of fused-ring (bicyclic) bond motifs is 3. The largest absolute Gasteiger partial charge is 0.304 e. The third-order valence-corrected chi connectivity index (χ3v) is 10.2. The molecule has 3 aromatic heterocycles. The number of benzene rings is 3. The van der Waals surface area contributed by atoms with Crippen LogP contribution >= 0.6 is 11.3 Å². The van der Waals surface area contributed by atoms with Crippen LogP contribution in [0.5, 0.6) is 0 Å². The fraction of sp³-hybridized carbons (Fsp3) is 0.300. The van der Waals surface area contributed by atoms with Crippen molar-refractivity contribution < 1.29 is 27.0 Å². The molecular formula is C40H38IrN2S-2. The molecule has 6 aromatic rings. The van der Waals surface area contributed by atoms with E-state index in [1.165, 1.54) is 75.1 Å². The number of aryl methyl sites for hydroxylation is 1. The first kappa shape index (κ1) is 25.1. The second-order valence-electron chi connectivity index (χ2n) is 11.8. The van der Waals surface area contributed by atoms with E-state index in [1.54, 1.807) is 17.4 Å². The Morgan fingerprint density at radius 2 is 1.50 bits per heavy atom. The van der Waals surface area contributed by atoms with Crippen LogP contribution < -0.4 is 0 Å². The van der Waals surface area contributed by atoms with E-state index >= 15 is 0 Å². The topological polar surface area (TPSA) is 25.8 Å². The molecule has 0 atom stereocenters. The zero-order valence-electron chi connectivity index (χ0n) is 29.7. The van der Waals surface area contributed by atoms with Gasteiger partial charge in [0.1, 0.15) is 0 Å². The molecule has 0 bridgehead atoms. The molecule has 2 fully saturated rings. The Labute approximate surface area is 286 Å². The van der Waals surface area contributed by atoms with E-state index in [1.807, 2.05) is 30.3 Å². The van der Waals surface area contributed by atoms with Gasteiger partial charge in [-0.05, 0) is 83.0 Å². The van der Waals surface area contributed by atoms with Gasteiger partial charge in [-0.1, -0.05) is 79.9 Å². The zero-order chi connectivity index (χ0) is 33.3. The van der Waals surface area contributed by atoms with E-state index in [0.717, 1.165) is 43.3 Å². The molecule has 2 nitrogen and oxygen atoms in total. The molecule has 225 valence electrons. The van der Waals surface area contributed by atoms with Crippen molar-refractivity contribution in [1.82, 2.24) is 9.97 Å². The van der Waals surface area contributed by atoms with E-state index in [0.29, 0.717) is 5.56 Å². The van der Waals surface area contributed by atoms with Crippen LogP contribution in [0.2, 0.25) is 0 Å². The second kappa shape index (κ2) is 14.3. The number of thiophene rings is 1. The number of rotatable bonds is 4. The van der Waals surface area contributed by atoms with E-state index in [9.17, 15) is 0 Å². The van der Waals surface area contributed by atoms with Crippen molar-refractivity contribution in [3.63, 3.8) is 0 Å². The van der Waals surface area contributed by atoms with E-state index in [4.69, 9.17) is 11.8 Å². The Balaban J connectivity index is 0.000000167. The second-order valence-corrected chi connectivity index (χ2v) is 12.8. The zero-order valence-corrected chi connectivity index (χ0v) is 27.9. The minimum Gasteiger partial charge on any atom is -0.304 e. The molecule has 4 heteroatoms. The third-order valence-electron chi connectivity index (χ3n) is 9.00. The summed E-state index contributed by atoms with van der Waals surface area (Å²) in [6.45, 7) is -2.45. The van der Waals surface area contributed by atoms with Crippen LogP contribution in [0.25, 0.3) is 42.7 Å². The first-order valence-electron chi connectivity index (χ1n) is 18.0. The standard InChI is InChI=1S/C22H26N.C18H12NS.Ir/c1-2-7-18(8-3-1)21-13-14-22(23-16-21)20-12-6-11-19(15-20)17-9-4-5-10-17;1-12-9-10-16(19-11-12)15-7-4-6-14-13-5-2-3-8-17(13)20-18(14)15;/h6,11,13-18H,1-5,7-10H2;2-6,8-11H,1H3;/q2*-1;/i;1D3,9D,10D;. The molecule has 0 amide bonds. The summed E-state index contributed by atoms with van der Waals surface area (Å²) in [7, 11) is 0. The summed E-state index contributed by atoms with van der Waals surface area (Å²) in [5.74, 6) is 1.49. The Hall–Kier alpha value is -3.17. The van der Waals surface area contributed by atoms with Crippen LogP contribution in [-0.2, 0) is 20.1 Å². The van der Waals surface area contributed by atoms with Crippen molar-refractivity contribution in [3.05, 3.63) is 120 Å². The fourth-order valence-corrected chi connectivity index (χ4v) is 7.90. The molecule has 0 spiro atoms. The predicted molar refractivity (Wildman–Crippen MR) is 182 cm³/mol. The first-order chi connectivity index (χ1) is 23.3. The maximum absolute atomic E-state index is 8.25. The van der Waals surface area contributed by atoms with Gasteiger partial charge in [-0.2, -0.15) is 11.3 Å². The maximum atomic E-state index is 8.25. The van der Waals surface area contributed by atoms with Crippen molar-refractivity contribution in [1.29, 1.82) is 0 Å². The molecule has 3 aromatic carbocycles. The molecule has 0 N–H and O–H groups in total. The van der Waals surface area contributed by atoms with Gasteiger partial charge in [0.15, 0.2) is 0 Å². The minimum atomic E-state index is -2.45. The molecule has 8 rings (SSSR count). The number of aromatic nitrogens is 2. The molecule has 2 saturated carbocycles. The monoisotopic (exact) mass is 776 g/mol. The van der Waals surface area contributed by atoms with Crippen molar-refractivity contribution >= 4 is 31.5 Å². The van der Waals surface area contributed by atoms with E-state index < -0.39 is 6.85 Å². The quantitative estimate of drug-likeness (QED) is 0.167. The molecule has 0 unspecified atom stereocenters. The minimum absolute atomic E-state index is 0. The number of hydrogen-bond acceptors (Lipinski definition) is 3. The van der Waals surface area contributed by atoms with Gasteiger partial charge in [-0.3, -0.25) is 0 Å². The number of pyridine rings is 2. The van der Waals surface area contributed by atoms with Crippen LogP contribution in [0.4, 0.5) is 0 Å². The normalized spacial score (nSPS) is 17.5. The number of nitrogens with zero attached hydrogens (tertiary/aromatic N) is 2. The summed E-state index contributed by atoms with van der Waals surface area (Å²) in [5, 5.41) is 2.16. The van der Waals surface area contributed by atoms with Crippen LogP contribution in [0.15, 0.2) is 91.2 Å². The summed E-state index contributed by atoms with van der Waals surface area (Å²) in [4.78, 5) is 8.96. The van der Waals surface area contributed by atoms with Crippen LogP contribution in [0.3, 0.4) is 0 Å². The predicted octanol–water partition coefficient (Wildman–Crippen LogP) is 11.5. The summed E-state index contributed by atoms with van der Waals surface area (Å²) in [6, 6.07) is 28.9. The van der Waals surface area contributed by atoms with Gasteiger partial charge >= 0.3 is 0 Å². The van der Waals surface area contributed by atoms with E-state index in [2.05, 4.69) is 53.6 Å². The SMILES string of the molecule is [2H]c1c(C([2H])([2H])[2H])cnc(-c2[c-]ccc3c2sc2ccccc23)c1[2H].[Ir].[c-]1ccc(C2CCCC2)cc1-c1ccc(C2CCCCC2)cn1. The molecule has 44 heavy (non-hydrogen) atoms. The molecule has 2 aliphatic carbocycles. The Morgan fingerprint density at radius 3 is 2.30 bits per heavy atom. The van der Waals surface area contributed by atoms with Gasteiger partial charge in [0.05, 0.1) is 2.74 Å². The summed E-state index contributed by atoms with van der Waals surface area (Å²) >= 11 is 1.58. The summed E-state index contributed by atoms with van der Waals surface area (Å²) in [6.07, 6.45) is 15.6. The molecule has 0 saturated heterocycles. The molecular weight excluding hydrogens is 733 g/mol. The molecule has 2 aliphatic rings.